The van der Waals surface area contributed by atoms with Gasteiger partial charge in [-0.2, -0.15) is 0 Å². The molecule has 1 aliphatic rings. The Morgan fingerprint density at radius 3 is 2.28 bits per heavy atom. The first kappa shape index (κ1) is 20.7. The Kier molecular flexibility index (Phi) is 5.30. The van der Waals surface area contributed by atoms with E-state index in [1.807, 2.05) is 12.1 Å². The summed E-state index contributed by atoms with van der Waals surface area (Å²) < 4.78 is 0. The number of benzene rings is 1. The van der Waals surface area contributed by atoms with Gasteiger partial charge in [0.05, 0.1) is 5.02 Å². The molecule has 0 spiro atoms. The number of halogens is 1. The van der Waals surface area contributed by atoms with Crippen molar-refractivity contribution in [3.63, 3.8) is 0 Å². The molecule has 0 radical (unpaired) electrons. The van der Waals surface area contributed by atoms with Crippen LogP contribution in [0.25, 0.3) is 0 Å². The normalized spacial score (nSPS) is 19.1. The molecule has 1 unspecified atom stereocenters. The molecule has 2 aromatic rings. The van der Waals surface area contributed by atoms with E-state index in [0.29, 0.717) is 16.4 Å². The van der Waals surface area contributed by atoms with Gasteiger partial charge in [0.25, 0.3) is 5.91 Å². The molecular formula is C21H22ClN5O2. The molecule has 0 saturated carbocycles. The van der Waals surface area contributed by atoms with Crippen molar-refractivity contribution in [2.75, 3.05) is 4.90 Å². The molecule has 29 heavy (non-hydrogen) atoms. The van der Waals surface area contributed by atoms with Gasteiger partial charge in [-0.15, -0.1) is 0 Å². The third kappa shape index (κ3) is 3.79. The zero-order chi connectivity index (χ0) is 21.4. The van der Waals surface area contributed by atoms with Gasteiger partial charge in [0.15, 0.2) is 0 Å². The summed E-state index contributed by atoms with van der Waals surface area (Å²) in [5, 5.41) is 0.417. The molecule has 2 heterocycles. The SMILES string of the molecule is CC(C)(C)c1ccc(C(=O)C2=NC=CN(c3ccc(Cl)cn3)C2(N)C(N)=O)cc1. The number of amides is 1. The van der Waals surface area contributed by atoms with Crippen LogP contribution in [0.4, 0.5) is 5.82 Å². The van der Waals surface area contributed by atoms with Gasteiger partial charge < -0.3 is 5.73 Å². The Bertz CT molecular complexity index is 1010. The number of rotatable bonds is 4. The number of hydrogen-bond acceptors (Lipinski definition) is 6. The van der Waals surface area contributed by atoms with Crippen LogP contribution in [0.1, 0.15) is 36.7 Å². The van der Waals surface area contributed by atoms with Crippen molar-refractivity contribution in [2.24, 2.45) is 16.5 Å². The summed E-state index contributed by atoms with van der Waals surface area (Å²) in [6.07, 6.45) is 4.23. The molecule has 1 amide bonds. The van der Waals surface area contributed by atoms with E-state index in [1.165, 1.54) is 23.5 Å². The third-order valence-electron chi connectivity index (χ3n) is 4.72. The molecule has 0 fully saturated rings. The number of nitrogens with two attached hydrogens (primary N) is 2. The maximum atomic E-state index is 13.2. The highest BCUT2D eigenvalue weighted by Crippen LogP contribution is 2.27. The number of primary amides is 1. The predicted octanol–water partition coefficient (Wildman–Crippen LogP) is 2.79. The third-order valence-corrected chi connectivity index (χ3v) is 4.95. The van der Waals surface area contributed by atoms with Crippen molar-refractivity contribution in [1.29, 1.82) is 0 Å². The lowest BCUT2D eigenvalue weighted by Crippen LogP contribution is -2.70. The van der Waals surface area contributed by atoms with Crippen molar-refractivity contribution >= 4 is 34.8 Å². The maximum absolute atomic E-state index is 13.2. The number of pyridine rings is 1. The fourth-order valence-corrected chi connectivity index (χ4v) is 3.11. The van der Waals surface area contributed by atoms with Gasteiger partial charge in [-0.05, 0) is 23.1 Å². The number of aliphatic imine (C=N–C) groups is 1. The number of ketones is 1. The lowest BCUT2D eigenvalue weighted by atomic mass is 9.85. The van der Waals surface area contributed by atoms with Crippen molar-refractivity contribution < 1.29 is 9.59 Å². The van der Waals surface area contributed by atoms with Crippen LogP contribution in [0.15, 0.2) is 60.0 Å². The smallest absolute Gasteiger partial charge is 0.265 e. The van der Waals surface area contributed by atoms with E-state index >= 15 is 0 Å². The molecule has 7 nitrogen and oxygen atoms in total. The first-order valence-corrected chi connectivity index (χ1v) is 9.33. The number of hydrogen-bond donors (Lipinski definition) is 2. The van der Waals surface area contributed by atoms with Crippen LogP contribution in [0, 0.1) is 0 Å². The lowest BCUT2D eigenvalue weighted by molar-refractivity contribution is -0.120. The second-order valence-electron chi connectivity index (χ2n) is 7.77. The zero-order valence-corrected chi connectivity index (χ0v) is 17.1. The molecule has 0 bridgehead atoms. The van der Waals surface area contributed by atoms with Crippen molar-refractivity contribution in [3.05, 3.63) is 71.1 Å². The summed E-state index contributed by atoms with van der Waals surface area (Å²) in [6.45, 7) is 6.23. The van der Waals surface area contributed by atoms with E-state index in [0.717, 1.165) is 5.56 Å². The monoisotopic (exact) mass is 411 g/mol. The lowest BCUT2D eigenvalue weighted by Gasteiger charge is -2.38. The van der Waals surface area contributed by atoms with E-state index in [-0.39, 0.29) is 11.1 Å². The van der Waals surface area contributed by atoms with Gasteiger partial charge in [0.1, 0.15) is 11.5 Å². The number of carbonyl (C=O) groups excluding carboxylic acids is 2. The molecule has 4 N–H and O–H groups in total. The molecule has 1 aromatic carbocycles. The van der Waals surface area contributed by atoms with Crippen molar-refractivity contribution in [3.8, 4) is 0 Å². The molecule has 1 aromatic heterocycles. The van der Waals surface area contributed by atoms with E-state index in [2.05, 4.69) is 30.7 Å². The minimum absolute atomic E-state index is 0.0609. The summed E-state index contributed by atoms with van der Waals surface area (Å²) in [6, 6.07) is 10.3. The number of aromatic nitrogens is 1. The first-order valence-electron chi connectivity index (χ1n) is 8.95. The number of nitrogens with zero attached hydrogens (tertiary/aromatic N) is 3. The van der Waals surface area contributed by atoms with E-state index < -0.39 is 17.4 Å². The van der Waals surface area contributed by atoms with Crippen LogP contribution in [0.3, 0.4) is 0 Å². The highest BCUT2D eigenvalue weighted by Gasteiger charge is 2.48. The van der Waals surface area contributed by atoms with E-state index in [1.54, 1.807) is 24.3 Å². The zero-order valence-electron chi connectivity index (χ0n) is 16.4. The van der Waals surface area contributed by atoms with Gasteiger partial charge in [0, 0.05) is 24.2 Å². The second-order valence-corrected chi connectivity index (χ2v) is 8.20. The van der Waals surface area contributed by atoms with Crippen LogP contribution in [0.5, 0.6) is 0 Å². The second kappa shape index (κ2) is 7.42. The van der Waals surface area contributed by atoms with Crippen LogP contribution in [0.2, 0.25) is 5.02 Å². The fraction of sp³-hybridized carbons (Fsp3) is 0.238. The fourth-order valence-electron chi connectivity index (χ4n) is 3.00. The van der Waals surface area contributed by atoms with Crippen LogP contribution < -0.4 is 16.4 Å². The van der Waals surface area contributed by atoms with Gasteiger partial charge in [-0.3, -0.25) is 25.2 Å². The Labute approximate surface area is 174 Å². The summed E-state index contributed by atoms with van der Waals surface area (Å²) in [5.74, 6) is -1.12. The topological polar surface area (TPSA) is 115 Å². The van der Waals surface area contributed by atoms with Crippen molar-refractivity contribution in [2.45, 2.75) is 31.8 Å². The Morgan fingerprint density at radius 1 is 1.10 bits per heavy atom. The van der Waals surface area contributed by atoms with Crippen LogP contribution in [-0.4, -0.2) is 28.0 Å². The molecule has 8 heteroatoms. The average molecular weight is 412 g/mol. The summed E-state index contributed by atoms with van der Waals surface area (Å²) in [5.41, 5.74) is 11.2. The van der Waals surface area contributed by atoms with E-state index in [9.17, 15) is 9.59 Å². The molecule has 150 valence electrons. The Balaban J connectivity index is 2.02. The summed E-state index contributed by atoms with van der Waals surface area (Å²) in [7, 11) is 0. The van der Waals surface area contributed by atoms with Gasteiger partial charge in [0.2, 0.25) is 11.4 Å². The maximum Gasteiger partial charge on any atom is 0.265 e. The Hall–Kier alpha value is -3.03. The summed E-state index contributed by atoms with van der Waals surface area (Å²) >= 11 is 5.89. The highest BCUT2D eigenvalue weighted by atomic mass is 35.5. The predicted molar refractivity (Wildman–Crippen MR) is 114 cm³/mol. The first-order chi connectivity index (χ1) is 13.5. The molecular weight excluding hydrogens is 390 g/mol. The standard InChI is InChI=1S/C21H22ClN5O2/c1-20(2,3)14-6-4-13(5-7-14)17(28)18-21(24,19(23)29)27(11-10-25-18)16-9-8-15(22)12-26-16/h4-12H,24H2,1-3H3,(H2,23,29). The molecule has 1 atom stereocenters. The minimum atomic E-state index is -2.00. The van der Waals surface area contributed by atoms with E-state index in [4.69, 9.17) is 23.1 Å². The van der Waals surface area contributed by atoms with Crippen LogP contribution >= 0.6 is 11.6 Å². The highest BCUT2D eigenvalue weighted by molar-refractivity contribution is 6.53. The number of carbonyl (C=O) groups is 2. The van der Waals surface area contributed by atoms with Crippen molar-refractivity contribution in [1.82, 2.24) is 4.98 Å². The van der Waals surface area contributed by atoms with Crippen LogP contribution in [-0.2, 0) is 10.2 Å². The number of anilines is 1. The van der Waals surface area contributed by atoms with Gasteiger partial charge in [-0.1, -0.05) is 56.6 Å². The number of Topliss-reactive ketones (excluding diaryl/α,β-unsaturated/α-hetero) is 1. The molecule has 3 rings (SSSR count). The van der Waals surface area contributed by atoms with Gasteiger partial charge in [-0.25, -0.2) is 4.98 Å². The largest absolute Gasteiger partial charge is 0.366 e. The van der Waals surface area contributed by atoms with Gasteiger partial charge >= 0.3 is 0 Å². The quantitative estimate of drug-likeness (QED) is 0.750. The molecule has 0 saturated heterocycles. The molecule has 1 aliphatic heterocycles. The summed E-state index contributed by atoms with van der Waals surface area (Å²) in [4.78, 5) is 35.2. The molecule has 0 aliphatic carbocycles. The average Bonchev–Trinajstić information content (AvgIpc) is 2.68. The minimum Gasteiger partial charge on any atom is -0.366 e. The Morgan fingerprint density at radius 2 is 1.76 bits per heavy atom.